The third-order valence-electron chi connectivity index (χ3n) is 2.78. The number of sulfone groups is 1. The van der Waals surface area contributed by atoms with E-state index in [4.69, 9.17) is 22.4 Å². The van der Waals surface area contributed by atoms with Crippen LogP contribution in [0.15, 0.2) is 57.6 Å². The van der Waals surface area contributed by atoms with Gasteiger partial charge in [-0.05, 0) is 36.4 Å². The summed E-state index contributed by atoms with van der Waals surface area (Å²) in [7, 11) is -3.52. The Morgan fingerprint density at radius 2 is 1.91 bits per heavy atom. The van der Waals surface area contributed by atoms with Gasteiger partial charge in [0.1, 0.15) is 5.69 Å². The molecule has 8 heteroatoms. The average molecular weight is 340 g/mol. The van der Waals surface area contributed by atoms with Gasteiger partial charge in [0.15, 0.2) is 9.84 Å². The topological polar surface area (TPSA) is 105 Å². The second kappa shape index (κ2) is 6.87. The summed E-state index contributed by atoms with van der Waals surface area (Å²) in [5.74, 6) is -0.336. The predicted molar refractivity (Wildman–Crippen MR) is 85.6 cm³/mol. The fourth-order valence-electron chi connectivity index (χ4n) is 1.69. The highest BCUT2D eigenvalue weighted by Crippen LogP contribution is 2.29. The molecule has 0 aromatic heterocycles. The SMILES string of the molecule is Nc1ccc(/N=N/c2cccc(S(=O)(=O)CCO)c2)c(Cl)c1. The molecule has 0 aliphatic carbocycles. The summed E-state index contributed by atoms with van der Waals surface area (Å²) < 4.78 is 23.8. The van der Waals surface area contributed by atoms with E-state index >= 15 is 0 Å². The molecule has 0 bridgehead atoms. The molecule has 2 aromatic rings. The van der Waals surface area contributed by atoms with Crippen LogP contribution in [0.25, 0.3) is 0 Å². The smallest absolute Gasteiger partial charge is 0.180 e. The van der Waals surface area contributed by atoms with Crippen LogP contribution in [0.4, 0.5) is 17.1 Å². The first kappa shape index (κ1) is 16.4. The highest BCUT2D eigenvalue weighted by molar-refractivity contribution is 7.91. The number of benzene rings is 2. The molecule has 3 N–H and O–H groups in total. The summed E-state index contributed by atoms with van der Waals surface area (Å²) in [4.78, 5) is 0.0846. The lowest BCUT2D eigenvalue weighted by molar-refractivity contribution is 0.319. The Balaban J connectivity index is 2.29. The second-order valence-electron chi connectivity index (χ2n) is 4.45. The van der Waals surface area contributed by atoms with Gasteiger partial charge in [-0.3, -0.25) is 0 Å². The molecule has 0 saturated heterocycles. The number of nitrogen functional groups attached to an aromatic ring is 1. The minimum atomic E-state index is -3.52. The molecule has 0 amide bonds. The standard InChI is InChI=1S/C14H14ClN3O3S/c15-13-8-10(16)4-5-14(13)18-17-11-2-1-3-12(9-11)22(20,21)7-6-19/h1-5,8-9,19H,6-7,16H2/b18-17+. The number of nitrogens with zero attached hydrogens (tertiary/aromatic N) is 2. The summed E-state index contributed by atoms with van der Waals surface area (Å²) in [5.41, 5.74) is 6.90. The van der Waals surface area contributed by atoms with E-state index in [2.05, 4.69) is 10.2 Å². The molecule has 0 aliphatic rings. The van der Waals surface area contributed by atoms with Crippen molar-refractivity contribution in [3.05, 3.63) is 47.5 Å². The summed E-state index contributed by atoms with van der Waals surface area (Å²) >= 11 is 5.98. The van der Waals surface area contributed by atoms with Gasteiger partial charge in [0, 0.05) is 5.69 Å². The third kappa shape index (κ3) is 4.03. The second-order valence-corrected chi connectivity index (χ2v) is 6.97. The fraction of sp³-hybridized carbons (Fsp3) is 0.143. The molecule has 116 valence electrons. The van der Waals surface area contributed by atoms with Gasteiger partial charge in [-0.1, -0.05) is 17.7 Å². The van der Waals surface area contributed by atoms with Crippen molar-refractivity contribution in [1.29, 1.82) is 0 Å². The first-order valence-electron chi connectivity index (χ1n) is 6.33. The average Bonchev–Trinajstić information content (AvgIpc) is 2.46. The number of nitrogens with two attached hydrogens (primary N) is 1. The van der Waals surface area contributed by atoms with Gasteiger partial charge in [-0.25, -0.2) is 8.42 Å². The number of halogens is 1. The van der Waals surface area contributed by atoms with Gasteiger partial charge in [0.2, 0.25) is 0 Å². The molecule has 6 nitrogen and oxygen atoms in total. The lowest BCUT2D eigenvalue weighted by atomic mass is 10.3. The van der Waals surface area contributed by atoms with Gasteiger partial charge < -0.3 is 10.8 Å². The fourth-order valence-corrected chi connectivity index (χ4v) is 2.98. The van der Waals surface area contributed by atoms with Gasteiger partial charge in [0.25, 0.3) is 0 Å². The monoisotopic (exact) mass is 339 g/mol. The number of aliphatic hydroxyl groups is 1. The van der Waals surface area contributed by atoms with Crippen molar-refractivity contribution >= 4 is 38.5 Å². The minimum absolute atomic E-state index is 0.0846. The largest absolute Gasteiger partial charge is 0.399 e. The zero-order chi connectivity index (χ0) is 16.2. The maximum Gasteiger partial charge on any atom is 0.180 e. The molecule has 0 atom stereocenters. The number of aliphatic hydroxyl groups excluding tert-OH is 1. The molecular formula is C14H14ClN3O3S. The first-order chi connectivity index (χ1) is 10.4. The van der Waals surface area contributed by atoms with Gasteiger partial charge >= 0.3 is 0 Å². The van der Waals surface area contributed by atoms with Crippen LogP contribution < -0.4 is 5.73 Å². The Kier molecular flexibility index (Phi) is 5.12. The van der Waals surface area contributed by atoms with E-state index in [0.29, 0.717) is 22.1 Å². The normalized spacial score (nSPS) is 11.9. The van der Waals surface area contributed by atoms with Crippen molar-refractivity contribution in [2.24, 2.45) is 10.2 Å². The van der Waals surface area contributed by atoms with Gasteiger partial charge in [-0.15, -0.1) is 5.11 Å². The van der Waals surface area contributed by atoms with Gasteiger partial charge in [-0.2, -0.15) is 5.11 Å². The van der Waals surface area contributed by atoms with Crippen molar-refractivity contribution in [2.75, 3.05) is 18.1 Å². The van der Waals surface area contributed by atoms with Crippen LogP contribution >= 0.6 is 11.6 Å². The highest BCUT2D eigenvalue weighted by atomic mass is 35.5. The molecule has 2 aromatic carbocycles. The lowest BCUT2D eigenvalue weighted by Gasteiger charge is -2.03. The maximum atomic E-state index is 11.9. The van der Waals surface area contributed by atoms with Crippen LogP contribution in [0.5, 0.6) is 0 Å². The molecule has 0 unspecified atom stereocenters. The van der Waals surface area contributed by atoms with Crippen molar-refractivity contribution in [2.45, 2.75) is 4.90 Å². The van der Waals surface area contributed by atoms with E-state index < -0.39 is 16.4 Å². The zero-order valence-electron chi connectivity index (χ0n) is 11.5. The number of anilines is 1. The molecule has 0 spiro atoms. The number of hydrogen-bond donors (Lipinski definition) is 2. The molecule has 0 aliphatic heterocycles. The third-order valence-corrected chi connectivity index (χ3v) is 4.78. The molecule has 0 fully saturated rings. The van der Waals surface area contributed by atoms with Crippen molar-refractivity contribution in [3.8, 4) is 0 Å². The molecule has 22 heavy (non-hydrogen) atoms. The van der Waals surface area contributed by atoms with E-state index in [0.717, 1.165) is 0 Å². The molecular weight excluding hydrogens is 326 g/mol. The van der Waals surface area contributed by atoms with Gasteiger partial charge in [0.05, 0.1) is 28.0 Å². The van der Waals surface area contributed by atoms with Crippen molar-refractivity contribution < 1.29 is 13.5 Å². The summed E-state index contributed by atoms with van der Waals surface area (Å²) in [6.45, 7) is -0.435. The summed E-state index contributed by atoms with van der Waals surface area (Å²) in [6.07, 6.45) is 0. The van der Waals surface area contributed by atoms with E-state index in [-0.39, 0.29) is 10.6 Å². The quantitative estimate of drug-likeness (QED) is 0.644. The molecule has 2 rings (SSSR count). The van der Waals surface area contributed by atoms with E-state index in [1.807, 2.05) is 0 Å². The van der Waals surface area contributed by atoms with E-state index in [9.17, 15) is 8.42 Å². The van der Waals surface area contributed by atoms with Crippen LogP contribution in [0.3, 0.4) is 0 Å². The van der Waals surface area contributed by atoms with Crippen LogP contribution in [-0.2, 0) is 9.84 Å². The summed E-state index contributed by atoms with van der Waals surface area (Å²) in [5, 5.41) is 17.1. The Hall–Kier alpha value is -1.96. The summed E-state index contributed by atoms with van der Waals surface area (Å²) in [6, 6.07) is 10.8. The number of azo groups is 1. The van der Waals surface area contributed by atoms with Crippen LogP contribution in [0.2, 0.25) is 5.02 Å². The first-order valence-corrected chi connectivity index (χ1v) is 8.36. The Bertz CT molecular complexity index is 807. The Morgan fingerprint density at radius 3 is 2.59 bits per heavy atom. The van der Waals surface area contributed by atoms with Crippen LogP contribution in [0.1, 0.15) is 0 Å². The molecule has 0 heterocycles. The Morgan fingerprint density at radius 1 is 1.14 bits per heavy atom. The van der Waals surface area contributed by atoms with Crippen LogP contribution in [0, 0.1) is 0 Å². The van der Waals surface area contributed by atoms with E-state index in [1.165, 1.54) is 12.1 Å². The molecule has 0 saturated carbocycles. The molecule has 0 radical (unpaired) electrons. The Labute approximate surface area is 133 Å². The maximum absolute atomic E-state index is 11.9. The number of hydrogen-bond acceptors (Lipinski definition) is 6. The minimum Gasteiger partial charge on any atom is -0.399 e. The van der Waals surface area contributed by atoms with Crippen molar-refractivity contribution in [3.63, 3.8) is 0 Å². The predicted octanol–water partition coefficient (Wildman–Crippen LogP) is 3.10. The highest BCUT2D eigenvalue weighted by Gasteiger charge is 2.13. The van der Waals surface area contributed by atoms with E-state index in [1.54, 1.807) is 30.3 Å². The lowest BCUT2D eigenvalue weighted by Crippen LogP contribution is -2.09. The zero-order valence-corrected chi connectivity index (χ0v) is 13.0. The number of rotatable bonds is 5. The van der Waals surface area contributed by atoms with Crippen LogP contribution in [-0.4, -0.2) is 25.9 Å². The van der Waals surface area contributed by atoms with Crippen molar-refractivity contribution in [1.82, 2.24) is 0 Å².